The van der Waals surface area contributed by atoms with E-state index in [1.165, 1.54) is 25.5 Å². The van der Waals surface area contributed by atoms with Gasteiger partial charge in [-0.05, 0) is 41.5 Å². The maximum absolute atomic E-state index is 11.8. The number of amides is 2. The number of benzene rings is 2. The lowest BCUT2D eigenvalue weighted by atomic mass is 10.1. The van der Waals surface area contributed by atoms with Crippen molar-refractivity contribution < 1.29 is 29.0 Å². The van der Waals surface area contributed by atoms with E-state index in [9.17, 15) is 14.4 Å². The highest BCUT2D eigenvalue weighted by Crippen LogP contribution is 2.19. The van der Waals surface area contributed by atoms with E-state index in [1.54, 1.807) is 37.4 Å². The van der Waals surface area contributed by atoms with Gasteiger partial charge in [0, 0.05) is 6.54 Å². The molecule has 0 fully saturated rings. The number of nitrogens with zero attached hydrogens (tertiary/aromatic N) is 1. The number of hydrazone groups is 1. The predicted octanol–water partition coefficient (Wildman–Crippen LogP) is 1.17. The number of carboxylic acids is 1. The first-order chi connectivity index (χ1) is 13.4. The SMILES string of the molecule is COc1ccc(CNC(=O)C(=O)N/N=C\c2ccc(OC)c(C(=O)O)c2)cc1. The number of ether oxygens (including phenoxy) is 2. The van der Waals surface area contributed by atoms with Gasteiger partial charge in [0.15, 0.2) is 0 Å². The van der Waals surface area contributed by atoms with Crippen LogP contribution in [0.4, 0.5) is 0 Å². The summed E-state index contributed by atoms with van der Waals surface area (Å²) < 4.78 is 10.00. The molecule has 0 atom stereocenters. The van der Waals surface area contributed by atoms with Gasteiger partial charge in [0.2, 0.25) is 0 Å². The van der Waals surface area contributed by atoms with Crippen LogP contribution in [0.25, 0.3) is 0 Å². The molecule has 9 nitrogen and oxygen atoms in total. The summed E-state index contributed by atoms with van der Waals surface area (Å²) in [4.78, 5) is 34.7. The Labute approximate surface area is 161 Å². The van der Waals surface area contributed by atoms with Crippen molar-refractivity contribution in [2.75, 3.05) is 14.2 Å². The van der Waals surface area contributed by atoms with Crippen LogP contribution in [0.15, 0.2) is 47.6 Å². The number of methoxy groups -OCH3 is 2. The lowest BCUT2D eigenvalue weighted by Crippen LogP contribution is -2.37. The normalized spacial score (nSPS) is 10.4. The van der Waals surface area contributed by atoms with Crippen LogP contribution in [0, 0.1) is 0 Å². The van der Waals surface area contributed by atoms with Crippen LogP contribution < -0.4 is 20.2 Å². The zero-order valence-corrected chi connectivity index (χ0v) is 15.3. The highest BCUT2D eigenvalue weighted by Gasteiger charge is 2.13. The molecule has 0 radical (unpaired) electrons. The standard InChI is InChI=1S/C19H19N3O6/c1-27-14-6-3-12(4-7-14)10-20-17(23)18(24)22-21-11-13-5-8-16(28-2)15(9-13)19(25)26/h3-9,11H,10H2,1-2H3,(H,20,23)(H,22,24)(H,25,26)/b21-11-. The number of carboxylic acid groups (broad SMARTS) is 1. The predicted molar refractivity (Wildman–Crippen MR) is 101 cm³/mol. The van der Waals surface area contributed by atoms with Crippen LogP contribution >= 0.6 is 0 Å². The number of carbonyl (C=O) groups is 3. The van der Waals surface area contributed by atoms with Gasteiger partial charge in [-0.15, -0.1) is 0 Å². The second-order valence-corrected chi connectivity index (χ2v) is 5.49. The van der Waals surface area contributed by atoms with Gasteiger partial charge >= 0.3 is 17.8 Å². The molecular weight excluding hydrogens is 366 g/mol. The molecule has 0 aliphatic heterocycles. The minimum Gasteiger partial charge on any atom is -0.497 e. The molecule has 3 N–H and O–H groups in total. The second kappa shape index (κ2) is 9.72. The Kier molecular flexibility index (Phi) is 7.09. The van der Waals surface area contributed by atoms with E-state index in [4.69, 9.17) is 14.6 Å². The fourth-order valence-electron chi connectivity index (χ4n) is 2.20. The third-order valence-corrected chi connectivity index (χ3v) is 3.65. The zero-order valence-electron chi connectivity index (χ0n) is 15.3. The Morgan fingerprint density at radius 1 is 1.04 bits per heavy atom. The molecule has 0 aliphatic rings. The Morgan fingerprint density at radius 2 is 1.75 bits per heavy atom. The molecule has 0 saturated carbocycles. The first-order valence-corrected chi connectivity index (χ1v) is 8.10. The highest BCUT2D eigenvalue weighted by molar-refractivity contribution is 6.35. The summed E-state index contributed by atoms with van der Waals surface area (Å²) in [6.45, 7) is 0.167. The summed E-state index contributed by atoms with van der Waals surface area (Å²) in [5.74, 6) is -2.07. The van der Waals surface area contributed by atoms with Crippen LogP contribution in [-0.2, 0) is 16.1 Å². The Balaban J connectivity index is 1.89. The molecule has 0 unspecified atom stereocenters. The van der Waals surface area contributed by atoms with Gasteiger partial charge in [-0.1, -0.05) is 12.1 Å². The molecule has 0 spiro atoms. The average Bonchev–Trinajstić information content (AvgIpc) is 2.72. The summed E-state index contributed by atoms with van der Waals surface area (Å²) in [5.41, 5.74) is 3.25. The van der Waals surface area contributed by atoms with Crippen LogP contribution in [0.1, 0.15) is 21.5 Å². The number of hydrogen-bond donors (Lipinski definition) is 3. The molecule has 2 amide bonds. The maximum Gasteiger partial charge on any atom is 0.339 e. The van der Waals surface area contributed by atoms with Crippen molar-refractivity contribution in [2.45, 2.75) is 6.54 Å². The third-order valence-electron chi connectivity index (χ3n) is 3.65. The van der Waals surface area contributed by atoms with Gasteiger partial charge in [-0.3, -0.25) is 9.59 Å². The van der Waals surface area contributed by atoms with E-state index in [0.29, 0.717) is 11.3 Å². The van der Waals surface area contributed by atoms with E-state index < -0.39 is 17.8 Å². The first kappa shape index (κ1) is 20.4. The molecular formula is C19H19N3O6. The van der Waals surface area contributed by atoms with Gasteiger partial charge in [0.25, 0.3) is 0 Å². The van der Waals surface area contributed by atoms with Crippen LogP contribution in [0.5, 0.6) is 11.5 Å². The summed E-state index contributed by atoms with van der Waals surface area (Å²) in [7, 11) is 2.91. The van der Waals surface area contributed by atoms with E-state index in [0.717, 1.165) is 5.56 Å². The maximum atomic E-state index is 11.8. The van der Waals surface area contributed by atoms with E-state index in [-0.39, 0.29) is 17.9 Å². The van der Waals surface area contributed by atoms with Gasteiger partial charge in [0.05, 0.1) is 20.4 Å². The monoisotopic (exact) mass is 385 g/mol. The van der Waals surface area contributed by atoms with E-state index >= 15 is 0 Å². The van der Waals surface area contributed by atoms with Crippen molar-refractivity contribution in [3.05, 3.63) is 59.2 Å². The van der Waals surface area contributed by atoms with Crippen molar-refractivity contribution in [1.82, 2.24) is 10.7 Å². The fourth-order valence-corrected chi connectivity index (χ4v) is 2.20. The molecule has 9 heteroatoms. The summed E-state index contributed by atoms with van der Waals surface area (Å²) in [5, 5.41) is 15.3. The topological polar surface area (TPSA) is 126 Å². The van der Waals surface area contributed by atoms with E-state index in [2.05, 4.69) is 15.8 Å². The molecule has 146 valence electrons. The molecule has 2 aromatic rings. The van der Waals surface area contributed by atoms with Crippen molar-refractivity contribution >= 4 is 24.0 Å². The minimum absolute atomic E-state index is 0.0463. The van der Waals surface area contributed by atoms with Gasteiger partial charge in [-0.2, -0.15) is 5.10 Å². The van der Waals surface area contributed by atoms with Crippen molar-refractivity contribution in [3.8, 4) is 11.5 Å². The Hall–Kier alpha value is -3.88. The zero-order chi connectivity index (χ0) is 20.5. The second-order valence-electron chi connectivity index (χ2n) is 5.49. The van der Waals surface area contributed by atoms with Gasteiger partial charge in [-0.25, -0.2) is 10.2 Å². The highest BCUT2D eigenvalue weighted by atomic mass is 16.5. The van der Waals surface area contributed by atoms with E-state index in [1.807, 2.05) is 0 Å². The number of rotatable bonds is 7. The van der Waals surface area contributed by atoms with Crippen LogP contribution in [-0.4, -0.2) is 43.3 Å². The lowest BCUT2D eigenvalue weighted by Gasteiger charge is -2.06. The molecule has 0 heterocycles. The van der Waals surface area contributed by atoms with Crippen molar-refractivity contribution in [3.63, 3.8) is 0 Å². The molecule has 0 aromatic heterocycles. The molecule has 0 bridgehead atoms. The third kappa shape index (κ3) is 5.56. The lowest BCUT2D eigenvalue weighted by molar-refractivity contribution is -0.139. The summed E-state index contributed by atoms with van der Waals surface area (Å²) >= 11 is 0. The van der Waals surface area contributed by atoms with Crippen LogP contribution in [0.2, 0.25) is 0 Å². The fraction of sp³-hybridized carbons (Fsp3) is 0.158. The number of nitrogens with one attached hydrogen (secondary N) is 2. The van der Waals surface area contributed by atoms with Crippen LogP contribution in [0.3, 0.4) is 0 Å². The molecule has 0 saturated heterocycles. The quantitative estimate of drug-likeness (QED) is 0.373. The number of carbonyl (C=O) groups excluding carboxylic acids is 2. The number of aromatic carboxylic acids is 1. The molecule has 28 heavy (non-hydrogen) atoms. The number of hydrogen-bond acceptors (Lipinski definition) is 6. The van der Waals surface area contributed by atoms with Gasteiger partial charge < -0.3 is 19.9 Å². The van der Waals surface area contributed by atoms with Gasteiger partial charge in [0.1, 0.15) is 17.1 Å². The largest absolute Gasteiger partial charge is 0.497 e. The first-order valence-electron chi connectivity index (χ1n) is 8.10. The smallest absolute Gasteiger partial charge is 0.339 e. The molecule has 2 rings (SSSR count). The average molecular weight is 385 g/mol. The summed E-state index contributed by atoms with van der Waals surface area (Å²) in [6.07, 6.45) is 1.22. The minimum atomic E-state index is -1.16. The molecule has 2 aromatic carbocycles. The van der Waals surface area contributed by atoms with Crippen molar-refractivity contribution in [1.29, 1.82) is 0 Å². The van der Waals surface area contributed by atoms with Crippen molar-refractivity contribution in [2.24, 2.45) is 5.10 Å². The Morgan fingerprint density at radius 3 is 2.36 bits per heavy atom. The molecule has 0 aliphatic carbocycles. The Bertz CT molecular complexity index is 893. The summed E-state index contributed by atoms with van der Waals surface area (Å²) in [6, 6.07) is 11.4.